The van der Waals surface area contributed by atoms with Gasteiger partial charge in [-0.1, -0.05) is 27.5 Å². The molecular formula is C15H12BrClN6O. The maximum Gasteiger partial charge on any atom is 0.252 e. The molecule has 9 heteroatoms. The van der Waals surface area contributed by atoms with Crippen molar-refractivity contribution in [2.45, 2.75) is 13.0 Å². The third-order valence-electron chi connectivity index (χ3n) is 3.29. The number of tetrazole rings is 1. The van der Waals surface area contributed by atoms with Crippen LogP contribution in [-0.2, 0) is 0 Å². The van der Waals surface area contributed by atoms with E-state index in [4.69, 9.17) is 11.6 Å². The van der Waals surface area contributed by atoms with Crippen molar-refractivity contribution < 1.29 is 4.79 Å². The molecule has 0 aliphatic rings. The largest absolute Gasteiger partial charge is 0.342 e. The van der Waals surface area contributed by atoms with Gasteiger partial charge in [0.1, 0.15) is 5.15 Å². The zero-order valence-corrected chi connectivity index (χ0v) is 14.9. The zero-order valence-electron chi connectivity index (χ0n) is 12.5. The van der Waals surface area contributed by atoms with Crippen molar-refractivity contribution in [3.63, 3.8) is 0 Å². The SMILES string of the molecule is CC(NC(=O)c1ccnc(Cl)c1)c1nnnn1-c1ccc(Br)cc1. The van der Waals surface area contributed by atoms with Gasteiger partial charge in [0, 0.05) is 16.2 Å². The van der Waals surface area contributed by atoms with Gasteiger partial charge >= 0.3 is 0 Å². The van der Waals surface area contributed by atoms with Crippen molar-refractivity contribution >= 4 is 33.4 Å². The number of benzene rings is 1. The van der Waals surface area contributed by atoms with Gasteiger partial charge in [-0.3, -0.25) is 4.79 Å². The molecule has 1 unspecified atom stereocenters. The van der Waals surface area contributed by atoms with E-state index in [1.54, 1.807) is 10.7 Å². The minimum absolute atomic E-state index is 0.259. The van der Waals surface area contributed by atoms with Gasteiger partial charge in [0.2, 0.25) is 0 Å². The fourth-order valence-corrected chi connectivity index (χ4v) is 2.56. The van der Waals surface area contributed by atoms with Crippen molar-refractivity contribution in [1.29, 1.82) is 0 Å². The molecule has 0 radical (unpaired) electrons. The Morgan fingerprint density at radius 1 is 1.29 bits per heavy atom. The zero-order chi connectivity index (χ0) is 17.1. The van der Waals surface area contributed by atoms with Crippen LogP contribution >= 0.6 is 27.5 Å². The summed E-state index contributed by atoms with van der Waals surface area (Å²) < 4.78 is 2.54. The van der Waals surface area contributed by atoms with E-state index in [-0.39, 0.29) is 11.1 Å². The van der Waals surface area contributed by atoms with Gasteiger partial charge in [-0.2, -0.15) is 4.68 Å². The van der Waals surface area contributed by atoms with Gasteiger partial charge in [0.25, 0.3) is 5.91 Å². The summed E-state index contributed by atoms with van der Waals surface area (Å²) in [4.78, 5) is 16.2. The van der Waals surface area contributed by atoms with E-state index in [9.17, 15) is 4.79 Å². The number of hydrogen-bond donors (Lipinski definition) is 1. The first-order valence-electron chi connectivity index (χ1n) is 7.01. The molecule has 0 bridgehead atoms. The first-order chi connectivity index (χ1) is 11.5. The molecule has 0 aliphatic heterocycles. The summed E-state index contributed by atoms with van der Waals surface area (Å²) in [6.07, 6.45) is 1.48. The molecule has 0 aliphatic carbocycles. The summed E-state index contributed by atoms with van der Waals surface area (Å²) in [5.41, 5.74) is 1.22. The first kappa shape index (κ1) is 16.5. The molecule has 0 saturated heterocycles. The minimum Gasteiger partial charge on any atom is -0.342 e. The summed E-state index contributed by atoms with van der Waals surface area (Å²) >= 11 is 9.20. The summed E-state index contributed by atoms with van der Waals surface area (Å²) in [5, 5.41) is 14.8. The molecule has 1 N–H and O–H groups in total. The Hall–Kier alpha value is -2.32. The van der Waals surface area contributed by atoms with Crippen LogP contribution in [0.5, 0.6) is 0 Å². The number of halogens is 2. The topological polar surface area (TPSA) is 85.6 Å². The average molecular weight is 408 g/mol. The van der Waals surface area contributed by atoms with Crippen LogP contribution in [-0.4, -0.2) is 31.1 Å². The smallest absolute Gasteiger partial charge is 0.252 e. The maximum absolute atomic E-state index is 12.3. The van der Waals surface area contributed by atoms with Crippen LogP contribution < -0.4 is 5.32 Å². The average Bonchev–Trinajstić information content (AvgIpc) is 3.05. The fourth-order valence-electron chi connectivity index (χ4n) is 2.12. The molecule has 1 amide bonds. The lowest BCUT2D eigenvalue weighted by Gasteiger charge is -2.13. The highest BCUT2D eigenvalue weighted by atomic mass is 79.9. The molecule has 2 aromatic heterocycles. The Labute approximate surface area is 151 Å². The Kier molecular flexibility index (Phi) is 4.86. The van der Waals surface area contributed by atoms with E-state index in [0.29, 0.717) is 11.4 Å². The number of hydrogen-bond acceptors (Lipinski definition) is 5. The number of amides is 1. The van der Waals surface area contributed by atoms with E-state index >= 15 is 0 Å². The molecule has 1 atom stereocenters. The number of pyridine rings is 1. The Balaban J connectivity index is 1.81. The number of nitrogens with zero attached hydrogens (tertiary/aromatic N) is 5. The second kappa shape index (κ2) is 7.06. The van der Waals surface area contributed by atoms with Crippen molar-refractivity contribution in [1.82, 2.24) is 30.5 Å². The van der Waals surface area contributed by atoms with Crippen LogP contribution in [0.1, 0.15) is 29.1 Å². The number of aromatic nitrogens is 5. The highest BCUT2D eigenvalue weighted by molar-refractivity contribution is 9.10. The maximum atomic E-state index is 12.3. The molecule has 24 heavy (non-hydrogen) atoms. The predicted octanol–water partition coefficient (Wildman–Crippen LogP) is 2.96. The third kappa shape index (κ3) is 3.60. The van der Waals surface area contributed by atoms with E-state index in [1.807, 2.05) is 31.2 Å². The minimum atomic E-state index is -0.400. The van der Waals surface area contributed by atoms with Crippen LogP contribution in [0.3, 0.4) is 0 Å². The van der Waals surface area contributed by atoms with Gasteiger partial charge in [0.15, 0.2) is 5.82 Å². The highest BCUT2D eigenvalue weighted by Crippen LogP contribution is 2.17. The first-order valence-corrected chi connectivity index (χ1v) is 8.18. The van der Waals surface area contributed by atoms with Crippen molar-refractivity contribution in [2.75, 3.05) is 0 Å². The number of carbonyl (C=O) groups excluding carboxylic acids is 1. The quantitative estimate of drug-likeness (QED) is 0.672. The molecule has 0 saturated carbocycles. The van der Waals surface area contributed by atoms with Crippen LogP contribution in [0.25, 0.3) is 5.69 Å². The number of carbonyl (C=O) groups is 1. The van der Waals surface area contributed by atoms with Crippen molar-refractivity contribution in [3.05, 3.63) is 63.6 Å². The lowest BCUT2D eigenvalue weighted by Crippen LogP contribution is -2.28. The van der Waals surface area contributed by atoms with Gasteiger partial charge in [-0.05, 0) is 53.7 Å². The molecule has 3 aromatic rings. The van der Waals surface area contributed by atoms with E-state index < -0.39 is 6.04 Å². The fraction of sp³-hybridized carbons (Fsp3) is 0.133. The molecule has 3 rings (SSSR count). The lowest BCUT2D eigenvalue weighted by molar-refractivity contribution is 0.0937. The Morgan fingerprint density at radius 2 is 2.04 bits per heavy atom. The second-order valence-corrected chi connectivity index (χ2v) is 6.29. The number of nitrogens with one attached hydrogen (secondary N) is 1. The van der Waals surface area contributed by atoms with Crippen LogP contribution in [0, 0.1) is 0 Å². The summed E-state index contributed by atoms with van der Waals surface area (Å²) in [7, 11) is 0. The van der Waals surface area contributed by atoms with Gasteiger partial charge in [-0.15, -0.1) is 5.10 Å². The predicted molar refractivity (Wildman–Crippen MR) is 92.0 cm³/mol. The van der Waals surface area contributed by atoms with E-state index in [0.717, 1.165) is 10.2 Å². The van der Waals surface area contributed by atoms with Crippen molar-refractivity contribution in [2.24, 2.45) is 0 Å². The third-order valence-corrected chi connectivity index (χ3v) is 4.02. The molecule has 0 fully saturated rings. The Morgan fingerprint density at radius 3 is 2.75 bits per heavy atom. The molecular weight excluding hydrogens is 396 g/mol. The van der Waals surface area contributed by atoms with E-state index in [1.165, 1.54) is 12.3 Å². The second-order valence-electron chi connectivity index (χ2n) is 4.99. The van der Waals surface area contributed by atoms with Gasteiger partial charge in [0.05, 0.1) is 11.7 Å². The molecule has 1 aromatic carbocycles. The van der Waals surface area contributed by atoms with Crippen LogP contribution in [0.2, 0.25) is 5.15 Å². The number of rotatable bonds is 4. The van der Waals surface area contributed by atoms with Crippen LogP contribution in [0.15, 0.2) is 47.1 Å². The molecule has 122 valence electrons. The summed E-state index contributed by atoms with van der Waals surface area (Å²) in [5.74, 6) is 0.239. The lowest BCUT2D eigenvalue weighted by atomic mass is 10.2. The molecule has 0 spiro atoms. The summed E-state index contributed by atoms with van der Waals surface area (Å²) in [6.45, 7) is 1.81. The van der Waals surface area contributed by atoms with Crippen LogP contribution in [0.4, 0.5) is 0 Å². The highest BCUT2D eigenvalue weighted by Gasteiger charge is 2.19. The normalized spacial score (nSPS) is 12.0. The van der Waals surface area contributed by atoms with Gasteiger partial charge in [-0.25, -0.2) is 4.98 Å². The summed E-state index contributed by atoms with van der Waals surface area (Å²) in [6, 6.07) is 10.2. The van der Waals surface area contributed by atoms with Crippen molar-refractivity contribution in [3.8, 4) is 5.69 Å². The van der Waals surface area contributed by atoms with E-state index in [2.05, 4.69) is 41.8 Å². The van der Waals surface area contributed by atoms with Gasteiger partial charge < -0.3 is 5.32 Å². The standard InChI is InChI=1S/C15H12BrClN6O/c1-9(19-15(24)10-6-7-18-13(17)8-10)14-20-21-22-23(14)12-4-2-11(16)3-5-12/h2-9H,1H3,(H,19,24). The monoisotopic (exact) mass is 406 g/mol. The molecule has 2 heterocycles. The Bertz CT molecular complexity index is 866. The molecule has 7 nitrogen and oxygen atoms in total.